The molecule has 0 heterocycles. The molecule has 0 aliphatic heterocycles. The van der Waals surface area contributed by atoms with Crippen LogP contribution in [0.15, 0.2) is 12.2 Å². The summed E-state index contributed by atoms with van der Waals surface area (Å²) in [7, 11) is -0.554. The van der Waals surface area contributed by atoms with Crippen LogP contribution in [0.3, 0.4) is 0 Å². The molecule has 1 unspecified atom stereocenters. The van der Waals surface area contributed by atoms with Crippen molar-refractivity contribution in [3.63, 3.8) is 0 Å². The summed E-state index contributed by atoms with van der Waals surface area (Å²) in [6.07, 6.45) is 2.98. The Morgan fingerprint density at radius 2 is 1.81 bits per heavy atom. The molecular weight excluding hydrogens is 220 g/mol. The lowest BCUT2D eigenvalue weighted by Crippen LogP contribution is -2.45. The lowest BCUT2D eigenvalue weighted by atomic mass is 10.2. The van der Waals surface area contributed by atoms with Gasteiger partial charge in [-0.25, -0.2) is 4.79 Å². The average molecular weight is 244 g/mol. The number of hydrogen-bond donors (Lipinski definition) is 0. The molecule has 1 atom stereocenters. The molecule has 0 aromatic heterocycles. The van der Waals surface area contributed by atoms with Crippen molar-refractivity contribution < 1.29 is 14.0 Å². The highest BCUT2D eigenvalue weighted by Gasteiger charge is 2.40. The van der Waals surface area contributed by atoms with Crippen molar-refractivity contribution in [2.75, 3.05) is 7.11 Å². The van der Waals surface area contributed by atoms with Crippen molar-refractivity contribution in [2.24, 2.45) is 0 Å². The standard InChI is InChI=1S/C12H24O3Si/c1-8-9-10(11(13)14-5)15-16(6,7)12(2,3)4/h8-10H,1-7H3/b9-8+. The van der Waals surface area contributed by atoms with Gasteiger partial charge in [-0.2, -0.15) is 0 Å². The first kappa shape index (κ1) is 15.4. The second-order valence-corrected chi connectivity index (χ2v) is 10.1. The van der Waals surface area contributed by atoms with Crippen LogP contribution in [0.25, 0.3) is 0 Å². The van der Waals surface area contributed by atoms with Crippen molar-refractivity contribution >= 4 is 14.3 Å². The van der Waals surface area contributed by atoms with Gasteiger partial charge in [0.1, 0.15) is 0 Å². The zero-order chi connectivity index (χ0) is 13.0. The molecule has 0 aromatic rings. The topological polar surface area (TPSA) is 35.5 Å². The molecule has 0 aliphatic carbocycles. The smallest absolute Gasteiger partial charge is 0.337 e. The second kappa shape index (κ2) is 5.64. The Hall–Kier alpha value is -0.613. The number of carbonyl (C=O) groups excluding carboxylic acids is 1. The Kier molecular flexibility index (Phi) is 5.42. The predicted molar refractivity (Wildman–Crippen MR) is 68.9 cm³/mol. The van der Waals surface area contributed by atoms with Crippen LogP contribution in [-0.2, 0) is 14.0 Å². The molecule has 0 spiro atoms. The van der Waals surface area contributed by atoms with Gasteiger partial charge >= 0.3 is 5.97 Å². The summed E-state index contributed by atoms with van der Waals surface area (Å²) in [5, 5.41) is 0.0842. The van der Waals surface area contributed by atoms with Crippen LogP contribution in [0, 0.1) is 0 Å². The SMILES string of the molecule is C/C=C/C(O[Si](C)(C)C(C)(C)C)C(=O)OC. The van der Waals surface area contributed by atoms with Crippen LogP contribution in [0.4, 0.5) is 0 Å². The fraction of sp³-hybridized carbons (Fsp3) is 0.750. The van der Waals surface area contributed by atoms with Gasteiger partial charge in [0.05, 0.1) is 7.11 Å². The van der Waals surface area contributed by atoms with Crippen molar-refractivity contribution in [2.45, 2.75) is 51.9 Å². The van der Waals surface area contributed by atoms with Crippen molar-refractivity contribution in [1.82, 2.24) is 0 Å². The van der Waals surface area contributed by atoms with E-state index in [1.165, 1.54) is 7.11 Å². The maximum atomic E-state index is 11.5. The highest BCUT2D eigenvalue weighted by atomic mass is 28.4. The maximum absolute atomic E-state index is 11.5. The van der Waals surface area contributed by atoms with E-state index >= 15 is 0 Å². The van der Waals surface area contributed by atoms with Crippen LogP contribution in [-0.4, -0.2) is 27.5 Å². The molecule has 0 radical (unpaired) electrons. The molecule has 4 heteroatoms. The Labute approximate surface area is 100.0 Å². The zero-order valence-corrected chi connectivity index (χ0v) is 12.5. The minimum atomic E-state index is -1.94. The van der Waals surface area contributed by atoms with Crippen molar-refractivity contribution in [3.8, 4) is 0 Å². The molecular formula is C12H24O3Si. The number of hydrogen-bond acceptors (Lipinski definition) is 3. The number of ether oxygens (including phenoxy) is 1. The van der Waals surface area contributed by atoms with E-state index in [2.05, 4.69) is 33.9 Å². The highest BCUT2D eigenvalue weighted by molar-refractivity contribution is 6.74. The number of carbonyl (C=O) groups is 1. The molecule has 0 saturated carbocycles. The van der Waals surface area contributed by atoms with E-state index in [-0.39, 0.29) is 11.0 Å². The van der Waals surface area contributed by atoms with E-state index in [1.807, 2.05) is 13.0 Å². The molecule has 0 aliphatic rings. The van der Waals surface area contributed by atoms with Crippen LogP contribution >= 0.6 is 0 Å². The van der Waals surface area contributed by atoms with E-state index in [1.54, 1.807) is 6.08 Å². The summed E-state index contributed by atoms with van der Waals surface area (Å²) < 4.78 is 10.7. The van der Waals surface area contributed by atoms with Crippen LogP contribution < -0.4 is 0 Å². The van der Waals surface area contributed by atoms with Crippen LogP contribution in [0.2, 0.25) is 18.1 Å². The largest absolute Gasteiger partial charge is 0.467 e. The molecule has 0 bridgehead atoms. The van der Waals surface area contributed by atoms with Gasteiger partial charge < -0.3 is 9.16 Å². The molecule has 0 saturated heterocycles. The highest BCUT2D eigenvalue weighted by Crippen LogP contribution is 2.37. The molecule has 16 heavy (non-hydrogen) atoms. The molecule has 0 rings (SSSR count). The number of methoxy groups -OCH3 is 1. The van der Waals surface area contributed by atoms with Crippen LogP contribution in [0.5, 0.6) is 0 Å². The molecule has 0 amide bonds. The third-order valence-corrected chi connectivity index (χ3v) is 7.48. The third-order valence-electron chi connectivity index (χ3n) is 3.03. The van der Waals surface area contributed by atoms with Gasteiger partial charge in [0.2, 0.25) is 0 Å². The average Bonchev–Trinajstić information content (AvgIpc) is 2.14. The second-order valence-electron chi connectivity index (χ2n) is 5.35. The van der Waals surface area contributed by atoms with Crippen molar-refractivity contribution in [3.05, 3.63) is 12.2 Å². The Morgan fingerprint density at radius 3 is 2.12 bits per heavy atom. The summed E-state index contributed by atoms with van der Waals surface area (Å²) >= 11 is 0. The van der Waals surface area contributed by atoms with Gasteiger partial charge in [-0.1, -0.05) is 32.9 Å². The number of rotatable bonds is 4. The lowest BCUT2D eigenvalue weighted by molar-refractivity contribution is -0.147. The molecule has 94 valence electrons. The first-order valence-electron chi connectivity index (χ1n) is 5.54. The van der Waals surface area contributed by atoms with E-state index in [9.17, 15) is 4.79 Å². The Balaban J connectivity index is 4.83. The fourth-order valence-corrected chi connectivity index (χ4v) is 2.11. The normalized spacial score (nSPS) is 15.2. The summed E-state index contributed by atoms with van der Waals surface area (Å²) in [6.45, 7) is 12.5. The molecule has 0 fully saturated rings. The van der Waals surface area contributed by atoms with E-state index < -0.39 is 14.4 Å². The fourth-order valence-electron chi connectivity index (χ4n) is 0.951. The third kappa shape index (κ3) is 4.10. The predicted octanol–water partition coefficient (Wildman–Crippen LogP) is 3.13. The van der Waals surface area contributed by atoms with E-state index in [4.69, 9.17) is 9.16 Å². The van der Waals surface area contributed by atoms with Crippen LogP contribution in [0.1, 0.15) is 27.7 Å². The zero-order valence-electron chi connectivity index (χ0n) is 11.5. The first-order valence-corrected chi connectivity index (χ1v) is 8.45. The Morgan fingerprint density at radius 1 is 1.31 bits per heavy atom. The lowest BCUT2D eigenvalue weighted by Gasteiger charge is -2.37. The summed E-state index contributed by atoms with van der Waals surface area (Å²) in [4.78, 5) is 11.5. The maximum Gasteiger partial charge on any atom is 0.337 e. The van der Waals surface area contributed by atoms with Gasteiger partial charge in [0.25, 0.3) is 0 Å². The quantitative estimate of drug-likeness (QED) is 0.433. The summed E-state index contributed by atoms with van der Waals surface area (Å²) in [5.74, 6) is -0.331. The van der Waals surface area contributed by atoms with E-state index in [0.29, 0.717) is 0 Å². The van der Waals surface area contributed by atoms with Gasteiger partial charge in [0.15, 0.2) is 14.4 Å². The number of allylic oxidation sites excluding steroid dienone is 1. The van der Waals surface area contributed by atoms with Gasteiger partial charge in [-0.15, -0.1) is 0 Å². The van der Waals surface area contributed by atoms with Gasteiger partial charge in [0, 0.05) is 0 Å². The van der Waals surface area contributed by atoms with Gasteiger partial charge in [-0.3, -0.25) is 0 Å². The minimum Gasteiger partial charge on any atom is -0.467 e. The summed E-state index contributed by atoms with van der Waals surface area (Å²) in [6, 6.07) is 0. The molecule has 3 nitrogen and oxygen atoms in total. The monoisotopic (exact) mass is 244 g/mol. The van der Waals surface area contributed by atoms with Crippen molar-refractivity contribution in [1.29, 1.82) is 0 Å². The number of esters is 1. The first-order chi connectivity index (χ1) is 7.15. The minimum absolute atomic E-state index is 0.0842. The van der Waals surface area contributed by atoms with E-state index in [0.717, 1.165) is 0 Å². The Bertz CT molecular complexity index is 264. The molecule has 0 N–H and O–H groups in total. The summed E-state index contributed by atoms with van der Waals surface area (Å²) in [5.41, 5.74) is 0. The molecule has 0 aromatic carbocycles. The van der Waals surface area contributed by atoms with Gasteiger partial charge in [-0.05, 0) is 25.1 Å².